The lowest BCUT2D eigenvalue weighted by atomic mass is 10.2. The van der Waals surface area contributed by atoms with Crippen LogP contribution < -0.4 is 11.2 Å². The van der Waals surface area contributed by atoms with Gasteiger partial charge in [0.05, 0.1) is 11.9 Å². The molecule has 0 aliphatic heterocycles. The molecular weight excluding hydrogens is 398 g/mol. The molecule has 0 spiro atoms. The fourth-order valence-corrected chi connectivity index (χ4v) is 2.79. The van der Waals surface area contributed by atoms with E-state index < -0.39 is 5.91 Å². The Labute approximate surface area is 171 Å². The molecule has 1 amide bonds. The standard InChI is InChI=1S/C17H20ClN9O2/c1-3-26(4-2)10-13-14(21-25-27(13)16-15(19)23-29-24-16)17(28)22-20-9-11-6-5-7-12(18)8-11/h5-9H,3-4,10H2,1-2H3,(H2,19,23)(H,22,28)/b20-9+. The molecule has 3 N–H and O–H groups in total. The maximum atomic E-state index is 12.7. The number of nitrogen functional groups attached to an aromatic ring is 1. The number of benzene rings is 1. The van der Waals surface area contributed by atoms with Gasteiger partial charge in [0.15, 0.2) is 5.69 Å². The summed E-state index contributed by atoms with van der Waals surface area (Å²) in [5.74, 6) is -0.311. The van der Waals surface area contributed by atoms with Crippen molar-refractivity contribution in [3.05, 3.63) is 46.2 Å². The second-order valence-electron chi connectivity index (χ2n) is 5.99. The van der Waals surface area contributed by atoms with Gasteiger partial charge in [0.2, 0.25) is 11.6 Å². The van der Waals surface area contributed by atoms with Gasteiger partial charge in [-0.05, 0) is 41.1 Å². The maximum absolute atomic E-state index is 12.7. The number of nitrogens with one attached hydrogen (secondary N) is 1. The van der Waals surface area contributed by atoms with E-state index in [2.05, 4.69) is 40.7 Å². The molecule has 0 radical (unpaired) electrons. The van der Waals surface area contributed by atoms with Crippen LogP contribution in [0.1, 0.15) is 35.6 Å². The molecule has 3 rings (SSSR count). The number of carbonyl (C=O) groups excluding carboxylic acids is 1. The minimum absolute atomic E-state index is 0.0432. The van der Waals surface area contributed by atoms with Gasteiger partial charge < -0.3 is 5.73 Å². The number of hydrogen-bond acceptors (Lipinski definition) is 9. The summed E-state index contributed by atoms with van der Waals surface area (Å²) in [4.78, 5) is 14.8. The number of nitrogens with two attached hydrogens (primary N) is 1. The fraction of sp³-hybridized carbons (Fsp3) is 0.294. The number of aromatic nitrogens is 5. The summed E-state index contributed by atoms with van der Waals surface area (Å²) < 4.78 is 5.99. The molecule has 0 saturated heterocycles. The quantitative estimate of drug-likeness (QED) is 0.415. The molecule has 3 aromatic rings. The zero-order valence-corrected chi connectivity index (χ0v) is 16.7. The highest BCUT2D eigenvalue weighted by Crippen LogP contribution is 2.17. The summed E-state index contributed by atoms with van der Waals surface area (Å²) in [5, 5.41) is 19.8. The summed E-state index contributed by atoms with van der Waals surface area (Å²) >= 11 is 5.94. The van der Waals surface area contributed by atoms with Crippen LogP contribution in [-0.2, 0) is 6.54 Å². The molecule has 2 heterocycles. The molecule has 152 valence electrons. The van der Waals surface area contributed by atoms with E-state index in [1.165, 1.54) is 10.9 Å². The van der Waals surface area contributed by atoms with Crippen LogP contribution in [-0.4, -0.2) is 55.4 Å². The smallest absolute Gasteiger partial charge is 0.293 e. The van der Waals surface area contributed by atoms with Crippen molar-refractivity contribution in [3.8, 4) is 5.82 Å². The Morgan fingerprint density at radius 1 is 1.38 bits per heavy atom. The third-order valence-electron chi connectivity index (χ3n) is 4.17. The largest absolute Gasteiger partial charge is 0.378 e. The summed E-state index contributed by atoms with van der Waals surface area (Å²) in [7, 11) is 0. The Balaban J connectivity index is 1.86. The Bertz CT molecular complexity index is 1010. The van der Waals surface area contributed by atoms with Crippen LogP contribution in [0.15, 0.2) is 34.0 Å². The average Bonchev–Trinajstić information content (AvgIpc) is 3.31. The number of halogens is 1. The van der Waals surface area contributed by atoms with Crippen molar-refractivity contribution in [1.29, 1.82) is 0 Å². The monoisotopic (exact) mass is 417 g/mol. The zero-order valence-electron chi connectivity index (χ0n) is 15.9. The number of nitrogens with zero attached hydrogens (tertiary/aromatic N) is 7. The molecular formula is C17H20ClN9O2. The Morgan fingerprint density at radius 2 is 2.17 bits per heavy atom. The van der Waals surface area contributed by atoms with E-state index in [1.807, 2.05) is 19.9 Å². The fourth-order valence-electron chi connectivity index (χ4n) is 2.59. The van der Waals surface area contributed by atoms with Crippen molar-refractivity contribution in [2.75, 3.05) is 18.8 Å². The van der Waals surface area contributed by atoms with Gasteiger partial charge in [0, 0.05) is 11.6 Å². The van der Waals surface area contributed by atoms with E-state index in [9.17, 15) is 4.79 Å². The Kier molecular flexibility index (Phi) is 6.52. The lowest BCUT2D eigenvalue weighted by molar-refractivity contribution is 0.0948. The van der Waals surface area contributed by atoms with Crippen molar-refractivity contribution in [2.24, 2.45) is 5.10 Å². The van der Waals surface area contributed by atoms with Gasteiger partial charge in [-0.3, -0.25) is 9.69 Å². The van der Waals surface area contributed by atoms with Gasteiger partial charge in [-0.25, -0.2) is 10.1 Å². The topological polar surface area (TPSA) is 140 Å². The van der Waals surface area contributed by atoms with Gasteiger partial charge in [-0.15, -0.1) is 5.10 Å². The second-order valence-corrected chi connectivity index (χ2v) is 6.42. The number of anilines is 1. The lowest BCUT2D eigenvalue weighted by Crippen LogP contribution is -2.27. The normalized spacial score (nSPS) is 11.4. The van der Waals surface area contributed by atoms with Gasteiger partial charge in [0.1, 0.15) is 0 Å². The van der Waals surface area contributed by atoms with Crippen LogP contribution in [0.4, 0.5) is 5.82 Å². The van der Waals surface area contributed by atoms with Crippen molar-refractivity contribution in [2.45, 2.75) is 20.4 Å². The first-order chi connectivity index (χ1) is 14.0. The summed E-state index contributed by atoms with van der Waals surface area (Å²) in [6, 6.07) is 7.07. The van der Waals surface area contributed by atoms with Crippen LogP contribution in [0.25, 0.3) is 5.82 Å². The molecule has 0 fully saturated rings. The van der Waals surface area contributed by atoms with E-state index in [1.54, 1.807) is 18.2 Å². The highest BCUT2D eigenvalue weighted by atomic mass is 35.5. The highest BCUT2D eigenvalue weighted by molar-refractivity contribution is 6.30. The van der Waals surface area contributed by atoms with Gasteiger partial charge >= 0.3 is 0 Å². The molecule has 1 aromatic carbocycles. The highest BCUT2D eigenvalue weighted by Gasteiger charge is 2.24. The van der Waals surface area contributed by atoms with E-state index in [-0.39, 0.29) is 17.3 Å². The van der Waals surface area contributed by atoms with Crippen LogP contribution in [0.3, 0.4) is 0 Å². The van der Waals surface area contributed by atoms with Crippen molar-refractivity contribution in [1.82, 2.24) is 35.6 Å². The van der Waals surface area contributed by atoms with Crippen molar-refractivity contribution in [3.63, 3.8) is 0 Å². The number of rotatable bonds is 8. The van der Waals surface area contributed by atoms with Gasteiger partial charge in [-0.1, -0.05) is 42.8 Å². The van der Waals surface area contributed by atoms with Gasteiger partial charge in [0.25, 0.3) is 5.91 Å². The molecule has 0 atom stereocenters. The predicted octanol–water partition coefficient (Wildman–Crippen LogP) is 1.49. The molecule has 0 saturated carbocycles. The number of hydrogen-bond donors (Lipinski definition) is 2. The first-order valence-corrected chi connectivity index (χ1v) is 9.25. The minimum Gasteiger partial charge on any atom is -0.378 e. The van der Waals surface area contributed by atoms with Crippen molar-refractivity contribution < 1.29 is 9.42 Å². The first kappa shape index (κ1) is 20.4. The SMILES string of the molecule is CCN(CC)Cc1c(C(=O)N/N=C/c2cccc(Cl)c2)nnn1-c1nonc1N. The Morgan fingerprint density at radius 3 is 2.83 bits per heavy atom. The van der Waals surface area contributed by atoms with Crippen LogP contribution in [0.5, 0.6) is 0 Å². The minimum atomic E-state index is -0.522. The first-order valence-electron chi connectivity index (χ1n) is 8.87. The summed E-state index contributed by atoms with van der Waals surface area (Å²) in [5.41, 5.74) is 9.56. The van der Waals surface area contributed by atoms with Crippen LogP contribution in [0.2, 0.25) is 5.02 Å². The molecule has 2 aromatic heterocycles. The average molecular weight is 418 g/mol. The Hall–Kier alpha value is -3.31. The molecule has 12 heteroatoms. The van der Waals surface area contributed by atoms with Gasteiger partial charge in [-0.2, -0.15) is 9.78 Å². The van der Waals surface area contributed by atoms with E-state index in [4.69, 9.17) is 17.3 Å². The number of carbonyl (C=O) groups is 1. The molecule has 0 bridgehead atoms. The summed E-state index contributed by atoms with van der Waals surface area (Å²) in [6.45, 7) is 5.95. The zero-order chi connectivity index (χ0) is 20.8. The van der Waals surface area contributed by atoms with E-state index in [0.29, 0.717) is 17.3 Å². The van der Waals surface area contributed by atoms with Crippen LogP contribution >= 0.6 is 11.6 Å². The number of hydrazone groups is 1. The number of amides is 1. The molecule has 0 aliphatic rings. The molecule has 0 aliphatic carbocycles. The third kappa shape index (κ3) is 4.76. The molecule has 0 unspecified atom stereocenters. The van der Waals surface area contributed by atoms with E-state index in [0.717, 1.165) is 18.7 Å². The second kappa shape index (κ2) is 9.26. The predicted molar refractivity (Wildman–Crippen MR) is 107 cm³/mol. The maximum Gasteiger partial charge on any atom is 0.293 e. The van der Waals surface area contributed by atoms with E-state index >= 15 is 0 Å². The third-order valence-corrected chi connectivity index (χ3v) is 4.41. The summed E-state index contributed by atoms with van der Waals surface area (Å²) in [6.07, 6.45) is 1.48. The van der Waals surface area contributed by atoms with Crippen LogP contribution in [0, 0.1) is 0 Å². The molecule has 11 nitrogen and oxygen atoms in total. The van der Waals surface area contributed by atoms with Crippen molar-refractivity contribution >= 4 is 29.5 Å². The molecule has 29 heavy (non-hydrogen) atoms. The lowest BCUT2D eigenvalue weighted by Gasteiger charge is -2.18.